The molecule has 4 heterocycles. The molecule has 1 fully saturated rings. The van der Waals surface area contributed by atoms with Gasteiger partial charge in [-0.15, -0.1) is 23.1 Å². The van der Waals surface area contributed by atoms with E-state index < -0.39 is 41.1 Å². The number of hydrogen-bond acceptors (Lipinski definition) is 14. The van der Waals surface area contributed by atoms with Crippen molar-refractivity contribution >= 4 is 81.7 Å². The van der Waals surface area contributed by atoms with Crippen LogP contribution in [0.3, 0.4) is 0 Å². The number of hydrogen-bond donors (Lipinski definition) is 6. The maximum atomic E-state index is 13.0. The highest BCUT2D eigenvalue weighted by Crippen LogP contribution is 2.45. The van der Waals surface area contributed by atoms with E-state index in [1.165, 1.54) is 40.7 Å². The summed E-state index contributed by atoms with van der Waals surface area (Å²) >= 11 is 5.06. The summed E-state index contributed by atoms with van der Waals surface area (Å²) in [4.78, 5) is 59.0. The molecule has 2 aliphatic rings. The second-order valence-corrected chi connectivity index (χ2v) is 12.1. The van der Waals surface area contributed by atoms with Crippen LogP contribution in [0.5, 0.6) is 0 Å². The zero-order valence-corrected chi connectivity index (χ0v) is 23.1. The van der Waals surface area contributed by atoms with Gasteiger partial charge in [0, 0.05) is 44.8 Å². The number of aromatic nitrogens is 2. The fourth-order valence-corrected chi connectivity index (χ4v) is 7.80. The largest absolute Gasteiger partial charge is 0.477 e. The van der Waals surface area contributed by atoms with Crippen LogP contribution in [-0.4, -0.2) is 84.2 Å². The SMILES string of the molecule is Nc1nc(/C(=N/O)C(=O)N[C@@H]2C(=O)N3C(C(=O)O)=C(Sc4ccncc4CSCC(N)NC=O)CS[C@@H]23)cs1. The number of nitrogens with one attached hydrogen (secondary N) is 2. The Labute approximate surface area is 238 Å². The predicted octanol–water partition coefficient (Wildman–Crippen LogP) is 0.0510. The number of carboxylic acid groups (broad SMARTS) is 1. The molecule has 14 nitrogen and oxygen atoms in total. The number of aliphatic carboxylic acids is 1. The number of carbonyl (C=O) groups is 4. The van der Waals surface area contributed by atoms with Gasteiger partial charge in [-0.25, -0.2) is 9.78 Å². The van der Waals surface area contributed by atoms with Gasteiger partial charge in [0.2, 0.25) is 6.41 Å². The molecule has 2 aromatic rings. The lowest BCUT2D eigenvalue weighted by atomic mass is 10.0. The first kappa shape index (κ1) is 28.7. The van der Waals surface area contributed by atoms with Crippen molar-refractivity contribution in [3.05, 3.63) is 45.7 Å². The zero-order valence-electron chi connectivity index (χ0n) is 19.8. The molecule has 0 spiro atoms. The highest BCUT2D eigenvalue weighted by molar-refractivity contribution is 8.06. The first-order chi connectivity index (χ1) is 18.7. The lowest BCUT2D eigenvalue weighted by Gasteiger charge is -2.49. The molecule has 3 amide bonds. The fourth-order valence-electron chi connectivity index (χ4n) is 3.67. The highest BCUT2D eigenvalue weighted by atomic mass is 32.2. The Balaban J connectivity index is 1.48. The number of nitrogens with zero attached hydrogens (tertiary/aromatic N) is 4. The number of carboxylic acids is 1. The molecule has 206 valence electrons. The Morgan fingerprint density at radius 3 is 2.87 bits per heavy atom. The minimum Gasteiger partial charge on any atom is -0.477 e. The van der Waals surface area contributed by atoms with E-state index in [4.69, 9.17) is 11.5 Å². The van der Waals surface area contributed by atoms with Gasteiger partial charge in [0.15, 0.2) is 10.8 Å². The van der Waals surface area contributed by atoms with E-state index in [0.29, 0.717) is 22.8 Å². The Bertz CT molecular complexity index is 1350. The number of fused-ring (bicyclic) bond motifs is 1. The summed E-state index contributed by atoms with van der Waals surface area (Å²) in [7, 11) is 0. The van der Waals surface area contributed by atoms with Gasteiger partial charge in [0.25, 0.3) is 11.8 Å². The first-order valence-corrected chi connectivity index (χ1v) is 14.9. The van der Waals surface area contributed by atoms with Crippen LogP contribution in [0.25, 0.3) is 0 Å². The number of anilines is 1. The number of β-lactam (4-membered cyclic amide) rings is 1. The smallest absolute Gasteiger partial charge is 0.353 e. The molecule has 3 atom stereocenters. The maximum absolute atomic E-state index is 13.0. The number of carbonyl (C=O) groups excluding carboxylic acids is 3. The average molecular weight is 611 g/mol. The van der Waals surface area contributed by atoms with E-state index in [1.807, 2.05) is 0 Å². The maximum Gasteiger partial charge on any atom is 0.353 e. The summed E-state index contributed by atoms with van der Waals surface area (Å²) in [6.45, 7) is 0. The molecule has 4 rings (SSSR count). The van der Waals surface area contributed by atoms with Gasteiger partial charge in [-0.3, -0.25) is 24.3 Å². The highest BCUT2D eigenvalue weighted by Gasteiger charge is 2.54. The van der Waals surface area contributed by atoms with Crippen molar-refractivity contribution in [3.8, 4) is 0 Å². The minimum absolute atomic E-state index is 0.0514. The van der Waals surface area contributed by atoms with Crippen LogP contribution in [0.1, 0.15) is 11.3 Å². The molecule has 18 heteroatoms. The fraction of sp³-hybridized carbons (Fsp3) is 0.286. The van der Waals surface area contributed by atoms with Gasteiger partial charge < -0.3 is 32.4 Å². The summed E-state index contributed by atoms with van der Waals surface area (Å²) in [6, 6.07) is 0.739. The number of nitrogens with two attached hydrogens (primary N) is 2. The summed E-state index contributed by atoms with van der Waals surface area (Å²) in [6.07, 6.45) is 3.30. The molecule has 8 N–H and O–H groups in total. The Kier molecular flexibility index (Phi) is 9.33. The number of nitrogen functional groups attached to an aromatic ring is 1. The van der Waals surface area contributed by atoms with Gasteiger partial charge in [0.1, 0.15) is 22.8 Å². The van der Waals surface area contributed by atoms with Crippen LogP contribution >= 0.6 is 46.6 Å². The van der Waals surface area contributed by atoms with E-state index in [1.54, 1.807) is 18.5 Å². The van der Waals surface area contributed by atoms with Gasteiger partial charge >= 0.3 is 5.97 Å². The van der Waals surface area contributed by atoms with Crippen LogP contribution < -0.4 is 22.1 Å². The summed E-state index contributed by atoms with van der Waals surface area (Å²) < 4.78 is 0. The normalized spacial score (nSPS) is 19.7. The third-order valence-electron chi connectivity index (χ3n) is 5.43. The Morgan fingerprint density at radius 1 is 1.41 bits per heavy atom. The lowest BCUT2D eigenvalue weighted by Crippen LogP contribution is -2.71. The Hall–Kier alpha value is -3.32. The van der Waals surface area contributed by atoms with Crippen LogP contribution in [0.4, 0.5) is 5.13 Å². The average Bonchev–Trinajstić information content (AvgIpc) is 3.34. The molecule has 2 aromatic heterocycles. The monoisotopic (exact) mass is 610 g/mol. The van der Waals surface area contributed by atoms with Gasteiger partial charge in [-0.05, 0) is 11.6 Å². The molecule has 39 heavy (non-hydrogen) atoms. The van der Waals surface area contributed by atoms with Crippen molar-refractivity contribution in [2.45, 2.75) is 28.2 Å². The molecule has 0 aromatic carbocycles. The van der Waals surface area contributed by atoms with E-state index in [9.17, 15) is 29.5 Å². The van der Waals surface area contributed by atoms with Gasteiger partial charge in [-0.1, -0.05) is 16.9 Å². The Morgan fingerprint density at radius 2 is 2.21 bits per heavy atom. The number of thioether (sulfide) groups is 3. The second-order valence-electron chi connectivity index (χ2n) is 7.95. The first-order valence-electron chi connectivity index (χ1n) is 11.0. The van der Waals surface area contributed by atoms with Crippen molar-refractivity contribution in [3.63, 3.8) is 0 Å². The molecule has 0 bridgehead atoms. The molecule has 2 aliphatic heterocycles. The summed E-state index contributed by atoms with van der Waals surface area (Å²) in [5.74, 6) is -1.46. The molecular formula is C21H22N8O6S4. The molecule has 1 unspecified atom stereocenters. The van der Waals surface area contributed by atoms with Crippen molar-refractivity contribution < 1.29 is 29.5 Å². The van der Waals surface area contributed by atoms with Crippen LogP contribution in [0.2, 0.25) is 0 Å². The molecular weight excluding hydrogens is 589 g/mol. The predicted molar refractivity (Wildman–Crippen MR) is 148 cm³/mol. The molecule has 0 aliphatic carbocycles. The van der Waals surface area contributed by atoms with Crippen LogP contribution in [0, 0.1) is 0 Å². The van der Waals surface area contributed by atoms with Crippen molar-refractivity contribution in [1.29, 1.82) is 0 Å². The third kappa shape index (κ3) is 6.30. The molecule has 0 radical (unpaired) electrons. The van der Waals surface area contributed by atoms with Crippen LogP contribution in [0.15, 0.2) is 44.5 Å². The zero-order chi connectivity index (χ0) is 28.1. The van der Waals surface area contributed by atoms with E-state index in [2.05, 4.69) is 25.8 Å². The molecule has 1 saturated heterocycles. The van der Waals surface area contributed by atoms with Crippen molar-refractivity contribution in [1.82, 2.24) is 25.5 Å². The third-order valence-corrected chi connectivity index (χ3v) is 9.88. The number of thiazole rings is 1. The van der Waals surface area contributed by atoms with Crippen molar-refractivity contribution in [2.75, 3.05) is 17.2 Å². The lowest BCUT2D eigenvalue weighted by molar-refractivity contribution is -0.150. The number of rotatable bonds is 12. The van der Waals surface area contributed by atoms with Crippen molar-refractivity contribution in [2.24, 2.45) is 10.9 Å². The number of pyridine rings is 1. The van der Waals surface area contributed by atoms with E-state index in [-0.39, 0.29) is 22.3 Å². The minimum atomic E-state index is -1.27. The van der Waals surface area contributed by atoms with Gasteiger partial charge in [-0.2, -0.15) is 11.8 Å². The summed E-state index contributed by atoms with van der Waals surface area (Å²) in [5, 5.41) is 28.2. The number of oxime groups is 1. The van der Waals surface area contributed by atoms with Gasteiger partial charge in [0.05, 0.1) is 6.17 Å². The topological polar surface area (TPSA) is 226 Å². The molecule has 0 saturated carbocycles. The second kappa shape index (κ2) is 12.7. The summed E-state index contributed by atoms with van der Waals surface area (Å²) in [5.41, 5.74) is 11.7. The quantitative estimate of drug-likeness (QED) is 0.0467. The standard InChI is InChI=1S/C21H22N8O6S4/c22-13(25-8-30)7-36-4-9-3-24-2-1-11(9)39-12-6-37-19-15(18(32)29(19)16(12)20(33)34)27-17(31)14(28-35)10-5-38-21(23)26-10/h1-3,5,8,13,15,19,35H,4,6-7,22H2,(H2,23,26)(H,25,30)(H,27,31)(H,33,34)/b28-14-/t13?,15-,19+/m1/s1. The van der Waals surface area contributed by atoms with E-state index in [0.717, 1.165) is 26.7 Å². The van der Waals surface area contributed by atoms with E-state index >= 15 is 0 Å². The van der Waals surface area contributed by atoms with Crippen LogP contribution in [-0.2, 0) is 24.9 Å². The number of amides is 3.